The number of hydrogen-bond donors (Lipinski definition) is 2. The molecule has 29 heavy (non-hydrogen) atoms. The minimum Gasteiger partial charge on any atom is -0.508 e. The quantitative estimate of drug-likeness (QED) is 0.550. The average molecular weight is 386 g/mol. The van der Waals surface area contributed by atoms with Crippen LogP contribution in [0.15, 0.2) is 78.9 Å². The second kappa shape index (κ2) is 8.97. The molecule has 1 unspecified atom stereocenters. The predicted molar refractivity (Wildman–Crippen MR) is 119 cm³/mol. The summed E-state index contributed by atoms with van der Waals surface area (Å²) < 4.78 is 6.09. The summed E-state index contributed by atoms with van der Waals surface area (Å²) in [6.07, 6.45) is 2.21. The summed E-state index contributed by atoms with van der Waals surface area (Å²) in [5.74, 6) is 1.19. The molecule has 1 heterocycles. The van der Waals surface area contributed by atoms with E-state index in [1.165, 1.54) is 16.7 Å². The molecule has 0 bridgehead atoms. The van der Waals surface area contributed by atoms with E-state index in [4.69, 9.17) is 4.74 Å². The Kier molecular flexibility index (Phi) is 5.97. The molecule has 1 atom stereocenters. The van der Waals surface area contributed by atoms with Gasteiger partial charge in [0.1, 0.15) is 17.6 Å². The molecule has 1 aliphatic heterocycles. The van der Waals surface area contributed by atoms with Crippen molar-refractivity contribution in [3.63, 3.8) is 0 Å². The van der Waals surface area contributed by atoms with Gasteiger partial charge in [0, 0.05) is 6.54 Å². The maximum Gasteiger partial charge on any atom is 0.119 e. The molecule has 0 amide bonds. The zero-order chi connectivity index (χ0) is 20.1. The Balaban J connectivity index is 1.76. The number of aromatic hydroxyl groups is 1. The van der Waals surface area contributed by atoms with Crippen LogP contribution in [0.2, 0.25) is 0 Å². The van der Waals surface area contributed by atoms with Crippen molar-refractivity contribution in [2.24, 2.45) is 0 Å². The second-order valence-electron chi connectivity index (χ2n) is 7.38. The molecule has 0 saturated carbocycles. The van der Waals surface area contributed by atoms with Crippen LogP contribution in [0.1, 0.15) is 36.5 Å². The number of ether oxygens (including phenoxy) is 1. The Morgan fingerprint density at radius 1 is 0.897 bits per heavy atom. The maximum atomic E-state index is 9.76. The Bertz CT molecular complexity index is 954. The van der Waals surface area contributed by atoms with Crippen molar-refractivity contribution in [3.8, 4) is 11.5 Å². The van der Waals surface area contributed by atoms with E-state index < -0.39 is 0 Å². The van der Waals surface area contributed by atoms with Crippen LogP contribution in [0.4, 0.5) is 0 Å². The van der Waals surface area contributed by atoms with E-state index in [2.05, 4.69) is 60.8 Å². The van der Waals surface area contributed by atoms with Gasteiger partial charge in [0.15, 0.2) is 0 Å². The van der Waals surface area contributed by atoms with E-state index in [0.29, 0.717) is 0 Å². The average Bonchev–Trinajstić information content (AvgIpc) is 3.27. The molecule has 0 aliphatic carbocycles. The molecule has 1 fully saturated rings. The first-order valence-corrected chi connectivity index (χ1v) is 10.3. The van der Waals surface area contributed by atoms with E-state index in [0.717, 1.165) is 42.8 Å². The first kappa shape index (κ1) is 19.3. The number of phenols is 1. The summed E-state index contributed by atoms with van der Waals surface area (Å²) >= 11 is 0. The number of benzene rings is 3. The SMILES string of the molecule is CC/C(=C(\c1ccc(O)cc1)c1ccc(OC2CCNC2)cc1)c1ccccc1. The summed E-state index contributed by atoms with van der Waals surface area (Å²) in [6.45, 7) is 4.12. The van der Waals surface area contributed by atoms with E-state index in [1.54, 1.807) is 12.1 Å². The van der Waals surface area contributed by atoms with Gasteiger partial charge < -0.3 is 15.2 Å². The fraction of sp³-hybridized carbons (Fsp3) is 0.231. The first-order chi connectivity index (χ1) is 14.2. The molecule has 0 radical (unpaired) electrons. The largest absolute Gasteiger partial charge is 0.508 e. The summed E-state index contributed by atoms with van der Waals surface area (Å²) in [5.41, 5.74) is 5.93. The van der Waals surface area contributed by atoms with Crippen molar-refractivity contribution in [2.45, 2.75) is 25.9 Å². The Labute approximate surface area is 172 Å². The highest BCUT2D eigenvalue weighted by atomic mass is 16.5. The van der Waals surface area contributed by atoms with Crippen LogP contribution in [0.5, 0.6) is 11.5 Å². The molecule has 2 N–H and O–H groups in total. The van der Waals surface area contributed by atoms with Crippen LogP contribution >= 0.6 is 0 Å². The first-order valence-electron chi connectivity index (χ1n) is 10.3. The molecule has 0 aromatic heterocycles. The van der Waals surface area contributed by atoms with Crippen molar-refractivity contribution in [1.29, 1.82) is 0 Å². The predicted octanol–water partition coefficient (Wildman–Crippen LogP) is 5.50. The number of rotatable bonds is 6. The lowest BCUT2D eigenvalue weighted by atomic mass is 9.88. The number of nitrogens with one attached hydrogen (secondary N) is 1. The molecule has 3 aromatic rings. The monoisotopic (exact) mass is 385 g/mol. The van der Waals surface area contributed by atoms with Crippen LogP contribution in [0.3, 0.4) is 0 Å². The van der Waals surface area contributed by atoms with E-state index in [1.807, 2.05) is 18.2 Å². The second-order valence-corrected chi connectivity index (χ2v) is 7.38. The molecule has 148 valence electrons. The van der Waals surface area contributed by atoms with Crippen molar-refractivity contribution < 1.29 is 9.84 Å². The summed E-state index contributed by atoms with van der Waals surface area (Å²) in [4.78, 5) is 0. The normalized spacial score (nSPS) is 17.1. The van der Waals surface area contributed by atoms with Gasteiger partial charge in [-0.1, -0.05) is 61.5 Å². The van der Waals surface area contributed by atoms with E-state index in [-0.39, 0.29) is 11.9 Å². The smallest absolute Gasteiger partial charge is 0.119 e. The van der Waals surface area contributed by atoms with E-state index in [9.17, 15) is 5.11 Å². The molecule has 0 spiro atoms. The van der Waals surface area contributed by atoms with Crippen LogP contribution in [0, 0.1) is 0 Å². The molecular weight excluding hydrogens is 358 g/mol. The number of allylic oxidation sites excluding steroid dienone is 1. The Hall–Kier alpha value is -3.04. The highest BCUT2D eigenvalue weighted by Gasteiger charge is 2.17. The third-order valence-electron chi connectivity index (χ3n) is 5.39. The standard InChI is InChI=1S/C26H27NO2/c1-2-25(19-6-4-3-5-7-19)26(20-8-12-22(28)13-9-20)21-10-14-23(15-11-21)29-24-16-17-27-18-24/h3-15,24,27-28H,2,16-18H2,1H3/b26-25-. The highest BCUT2D eigenvalue weighted by Crippen LogP contribution is 2.35. The number of phenolic OH excluding ortho intramolecular Hbond substituents is 1. The van der Waals surface area contributed by atoms with Gasteiger partial charge in [0.25, 0.3) is 0 Å². The molecule has 1 saturated heterocycles. The van der Waals surface area contributed by atoms with Crippen molar-refractivity contribution in [3.05, 3.63) is 95.6 Å². The van der Waals surface area contributed by atoms with Crippen molar-refractivity contribution in [1.82, 2.24) is 5.32 Å². The minimum atomic E-state index is 0.253. The molecule has 4 rings (SSSR count). The van der Waals surface area contributed by atoms with Gasteiger partial charge in [-0.05, 0) is 71.5 Å². The molecular formula is C26H27NO2. The minimum absolute atomic E-state index is 0.253. The van der Waals surface area contributed by atoms with Gasteiger partial charge in [-0.15, -0.1) is 0 Å². The topological polar surface area (TPSA) is 41.5 Å². The van der Waals surface area contributed by atoms with Crippen LogP contribution in [-0.4, -0.2) is 24.3 Å². The summed E-state index contributed by atoms with van der Waals surface area (Å²) in [6, 6.07) is 26.4. The van der Waals surface area contributed by atoms with Gasteiger partial charge in [0.2, 0.25) is 0 Å². The van der Waals surface area contributed by atoms with Gasteiger partial charge in [-0.2, -0.15) is 0 Å². The number of hydrogen-bond acceptors (Lipinski definition) is 3. The lowest BCUT2D eigenvalue weighted by molar-refractivity contribution is 0.223. The maximum absolute atomic E-state index is 9.76. The van der Waals surface area contributed by atoms with Gasteiger partial charge in [-0.3, -0.25) is 0 Å². The molecule has 3 heteroatoms. The summed E-state index contributed by atoms with van der Waals surface area (Å²) in [5, 5.41) is 13.1. The van der Waals surface area contributed by atoms with Crippen molar-refractivity contribution >= 4 is 11.1 Å². The zero-order valence-corrected chi connectivity index (χ0v) is 16.8. The lowest BCUT2D eigenvalue weighted by Gasteiger charge is -2.17. The third kappa shape index (κ3) is 4.52. The van der Waals surface area contributed by atoms with Gasteiger partial charge >= 0.3 is 0 Å². The zero-order valence-electron chi connectivity index (χ0n) is 16.8. The molecule has 3 aromatic carbocycles. The van der Waals surface area contributed by atoms with Gasteiger partial charge in [-0.25, -0.2) is 0 Å². The van der Waals surface area contributed by atoms with Crippen molar-refractivity contribution in [2.75, 3.05) is 13.1 Å². The van der Waals surface area contributed by atoms with Crippen LogP contribution < -0.4 is 10.1 Å². The molecule has 3 nitrogen and oxygen atoms in total. The van der Waals surface area contributed by atoms with Crippen LogP contribution in [-0.2, 0) is 0 Å². The van der Waals surface area contributed by atoms with Gasteiger partial charge in [0.05, 0.1) is 0 Å². The van der Waals surface area contributed by atoms with E-state index >= 15 is 0 Å². The lowest BCUT2D eigenvalue weighted by Crippen LogP contribution is -2.19. The molecule has 1 aliphatic rings. The van der Waals surface area contributed by atoms with Crippen LogP contribution in [0.25, 0.3) is 11.1 Å². The highest BCUT2D eigenvalue weighted by molar-refractivity contribution is 5.98. The fourth-order valence-corrected chi connectivity index (χ4v) is 3.93. The summed E-state index contributed by atoms with van der Waals surface area (Å²) in [7, 11) is 0. The fourth-order valence-electron chi connectivity index (χ4n) is 3.93. The Morgan fingerprint density at radius 3 is 2.14 bits per heavy atom. The third-order valence-corrected chi connectivity index (χ3v) is 5.39. The Morgan fingerprint density at radius 2 is 1.55 bits per heavy atom.